The number of nitrogens with one attached hydrogen (secondary N) is 1. The number of anilines is 1. The zero-order valence-electron chi connectivity index (χ0n) is 14.4. The molecule has 0 saturated carbocycles. The summed E-state index contributed by atoms with van der Waals surface area (Å²) < 4.78 is 40.3. The molecule has 27 heavy (non-hydrogen) atoms. The number of alkyl halides is 3. The van der Waals surface area contributed by atoms with Gasteiger partial charge in [0.25, 0.3) is 0 Å². The van der Waals surface area contributed by atoms with E-state index < -0.39 is 23.6 Å². The summed E-state index contributed by atoms with van der Waals surface area (Å²) >= 11 is 0. The first-order valence-electron chi connectivity index (χ1n) is 8.01. The summed E-state index contributed by atoms with van der Waals surface area (Å²) in [5.41, 5.74) is -0.834. The van der Waals surface area contributed by atoms with Crippen molar-refractivity contribution in [1.29, 1.82) is 0 Å². The van der Waals surface area contributed by atoms with Gasteiger partial charge in [0.05, 0.1) is 30.0 Å². The number of hydrogen-bond donors (Lipinski definition) is 2. The zero-order chi connectivity index (χ0) is 20.0. The maximum absolute atomic E-state index is 13.0. The highest BCUT2D eigenvalue weighted by Gasteiger charge is 2.31. The van der Waals surface area contributed by atoms with Crippen LogP contribution in [0.1, 0.15) is 18.9 Å². The summed E-state index contributed by atoms with van der Waals surface area (Å²) in [4.78, 5) is 28.3. The van der Waals surface area contributed by atoms with Crippen LogP contribution < -0.4 is 5.32 Å². The molecule has 0 spiro atoms. The summed E-state index contributed by atoms with van der Waals surface area (Å²) in [7, 11) is 0. The summed E-state index contributed by atoms with van der Waals surface area (Å²) in [6, 6.07) is 2.85. The van der Waals surface area contributed by atoms with Gasteiger partial charge in [-0.1, -0.05) is 6.92 Å². The largest absolute Gasteiger partial charge is 0.480 e. The Morgan fingerprint density at radius 3 is 2.59 bits per heavy atom. The first-order chi connectivity index (χ1) is 12.7. The minimum absolute atomic E-state index is 0.105. The van der Waals surface area contributed by atoms with Crippen molar-refractivity contribution in [1.82, 2.24) is 19.7 Å². The molecule has 2 aromatic rings. The van der Waals surface area contributed by atoms with Gasteiger partial charge in [0.2, 0.25) is 5.91 Å². The number of aliphatic carboxylic acids is 1. The molecule has 0 aliphatic heterocycles. The van der Waals surface area contributed by atoms with Crippen LogP contribution >= 0.6 is 0 Å². The predicted octanol–water partition coefficient (Wildman–Crippen LogP) is 2.02. The molecule has 2 N–H and O–H groups in total. The Kier molecular flexibility index (Phi) is 6.50. The van der Waals surface area contributed by atoms with Crippen LogP contribution in [0.2, 0.25) is 0 Å². The lowest BCUT2D eigenvalue weighted by atomic mass is 10.1. The van der Waals surface area contributed by atoms with Gasteiger partial charge in [-0.15, -0.1) is 0 Å². The Hall–Kier alpha value is -2.95. The molecule has 1 aromatic heterocycles. The molecule has 0 aliphatic carbocycles. The Bertz CT molecular complexity index is 793. The van der Waals surface area contributed by atoms with E-state index in [1.807, 2.05) is 6.92 Å². The minimum atomic E-state index is -4.59. The van der Waals surface area contributed by atoms with E-state index in [-0.39, 0.29) is 24.5 Å². The predicted molar refractivity (Wildman–Crippen MR) is 89.4 cm³/mol. The fourth-order valence-corrected chi connectivity index (χ4v) is 2.46. The normalized spacial score (nSPS) is 11.6. The molecule has 1 aromatic carbocycles. The molecule has 0 aliphatic rings. The Morgan fingerprint density at radius 2 is 2.04 bits per heavy atom. The van der Waals surface area contributed by atoms with E-state index in [4.69, 9.17) is 5.11 Å². The third-order valence-electron chi connectivity index (χ3n) is 3.53. The number of carbonyl (C=O) groups is 2. The molecule has 0 saturated heterocycles. The van der Waals surface area contributed by atoms with E-state index in [1.54, 1.807) is 0 Å². The first kappa shape index (κ1) is 20.4. The summed E-state index contributed by atoms with van der Waals surface area (Å²) in [6.45, 7) is 1.56. The third-order valence-corrected chi connectivity index (χ3v) is 3.53. The number of rotatable bonds is 8. The summed E-state index contributed by atoms with van der Waals surface area (Å²) in [6.07, 6.45) is -1.47. The smallest absolute Gasteiger partial charge is 0.416 e. The van der Waals surface area contributed by atoms with Gasteiger partial charge >= 0.3 is 12.1 Å². The molecule has 0 fully saturated rings. The van der Waals surface area contributed by atoms with E-state index in [1.165, 1.54) is 28.3 Å². The average Bonchev–Trinajstić information content (AvgIpc) is 3.07. The van der Waals surface area contributed by atoms with Gasteiger partial charge < -0.3 is 10.4 Å². The van der Waals surface area contributed by atoms with Gasteiger partial charge in [-0.05, 0) is 31.2 Å². The Morgan fingerprint density at radius 1 is 1.30 bits per heavy atom. The Balaban J connectivity index is 2.26. The second-order valence-corrected chi connectivity index (χ2v) is 5.72. The third kappa shape index (κ3) is 5.78. The molecule has 2 rings (SSSR count). The highest BCUT2D eigenvalue weighted by atomic mass is 19.4. The molecule has 1 heterocycles. The number of hydrogen-bond acceptors (Lipinski definition) is 5. The number of carboxylic acids is 1. The number of amides is 1. The number of nitrogens with zero attached hydrogens (tertiary/aromatic N) is 4. The van der Waals surface area contributed by atoms with Crippen molar-refractivity contribution in [3.63, 3.8) is 0 Å². The molecular formula is C16H18F3N5O3. The van der Waals surface area contributed by atoms with Crippen molar-refractivity contribution in [3.05, 3.63) is 36.4 Å². The monoisotopic (exact) mass is 385 g/mol. The van der Waals surface area contributed by atoms with Gasteiger partial charge in [-0.3, -0.25) is 14.5 Å². The molecule has 0 bridgehead atoms. The SMILES string of the molecule is CCCN(CC(=O)O)CC(=O)Nc1cc(C(F)(F)F)ccc1-n1cncn1. The lowest BCUT2D eigenvalue weighted by molar-refractivity contribution is -0.139. The van der Waals surface area contributed by atoms with Gasteiger partial charge in [-0.25, -0.2) is 9.67 Å². The molecular weight excluding hydrogens is 367 g/mol. The van der Waals surface area contributed by atoms with Crippen LogP contribution in [-0.4, -0.2) is 56.3 Å². The standard InChI is InChI=1S/C16H18F3N5O3/c1-2-5-23(8-15(26)27)7-14(25)22-12-6-11(16(17,18)19)3-4-13(12)24-10-20-9-21-24/h3-4,6,9-10H,2,5,7-8H2,1H3,(H,22,25)(H,26,27). The topological polar surface area (TPSA) is 100 Å². The molecule has 8 nitrogen and oxygen atoms in total. The van der Waals surface area contributed by atoms with Crippen molar-refractivity contribution in [2.75, 3.05) is 25.0 Å². The van der Waals surface area contributed by atoms with E-state index >= 15 is 0 Å². The maximum atomic E-state index is 13.0. The molecule has 146 valence electrons. The van der Waals surface area contributed by atoms with Crippen LogP contribution in [0.4, 0.5) is 18.9 Å². The van der Waals surface area contributed by atoms with E-state index in [0.29, 0.717) is 13.0 Å². The van der Waals surface area contributed by atoms with Crippen molar-refractivity contribution in [2.24, 2.45) is 0 Å². The van der Waals surface area contributed by atoms with Crippen molar-refractivity contribution in [3.8, 4) is 5.69 Å². The quantitative estimate of drug-likeness (QED) is 0.721. The molecule has 0 unspecified atom stereocenters. The zero-order valence-corrected chi connectivity index (χ0v) is 14.4. The van der Waals surface area contributed by atoms with Gasteiger partial charge in [0.1, 0.15) is 12.7 Å². The second-order valence-electron chi connectivity index (χ2n) is 5.72. The van der Waals surface area contributed by atoms with E-state index in [9.17, 15) is 22.8 Å². The van der Waals surface area contributed by atoms with Gasteiger partial charge in [0.15, 0.2) is 0 Å². The maximum Gasteiger partial charge on any atom is 0.416 e. The molecule has 0 radical (unpaired) electrons. The fraction of sp³-hybridized carbons (Fsp3) is 0.375. The highest BCUT2D eigenvalue weighted by molar-refractivity contribution is 5.94. The summed E-state index contributed by atoms with van der Waals surface area (Å²) in [5, 5.41) is 15.2. The van der Waals surface area contributed by atoms with Crippen molar-refractivity contribution in [2.45, 2.75) is 19.5 Å². The number of benzene rings is 1. The highest BCUT2D eigenvalue weighted by Crippen LogP contribution is 2.33. The van der Waals surface area contributed by atoms with E-state index in [2.05, 4.69) is 15.4 Å². The van der Waals surface area contributed by atoms with E-state index in [0.717, 1.165) is 12.1 Å². The first-order valence-corrected chi connectivity index (χ1v) is 8.01. The number of halogens is 3. The van der Waals surface area contributed by atoms with Crippen LogP contribution in [0.25, 0.3) is 5.69 Å². The minimum Gasteiger partial charge on any atom is -0.480 e. The van der Waals surface area contributed by atoms with Gasteiger partial charge in [-0.2, -0.15) is 18.3 Å². The van der Waals surface area contributed by atoms with Gasteiger partial charge in [0, 0.05) is 0 Å². The lowest BCUT2D eigenvalue weighted by Gasteiger charge is -2.20. The lowest BCUT2D eigenvalue weighted by Crippen LogP contribution is -2.37. The van der Waals surface area contributed by atoms with Crippen LogP contribution in [-0.2, 0) is 15.8 Å². The molecule has 0 atom stereocenters. The molecule has 11 heteroatoms. The second kappa shape index (κ2) is 8.62. The van der Waals surface area contributed by atoms with Crippen LogP contribution in [0.3, 0.4) is 0 Å². The van der Waals surface area contributed by atoms with Crippen molar-refractivity contribution >= 4 is 17.6 Å². The van der Waals surface area contributed by atoms with Crippen LogP contribution in [0.5, 0.6) is 0 Å². The number of carboxylic acid groups (broad SMARTS) is 1. The number of carbonyl (C=O) groups excluding carboxylic acids is 1. The fourth-order valence-electron chi connectivity index (χ4n) is 2.46. The summed E-state index contributed by atoms with van der Waals surface area (Å²) in [5.74, 6) is -1.73. The Labute approximate surface area is 152 Å². The van der Waals surface area contributed by atoms with Crippen LogP contribution in [0, 0.1) is 0 Å². The van der Waals surface area contributed by atoms with Crippen LogP contribution in [0.15, 0.2) is 30.9 Å². The number of aromatic nitrogens is 3. The van der Waals surface area contributed by atoms with Crippen molar-refractivity contribution < 1.29 is 27.9 Å². The molecule has 1 amide bonds. The average molecular weight is 385 g/mol.